The molecule has 1 saturated heterocycles. The van der Waals surface area contributed by atoms with E-state index in [1.807, 2.05) is 0 Å². The third-order valence-electron chi connectivity index (χ3n) is 5.93. The molecule has 0 bridgehead atoms. The van der Waals surface area contributed by atoms with Crippen molar-refractivity contribution < 1.29 is 19.1 Å². The van der Waals surface area contributed by atoms with Crippen molar-refractivity contribution in [2.24, 2.45) is 0 Å². The molecule has 0 radical (unpaired) electrons. The highest BCUT2D eigenvalue weighted by Crippen LogP contribution is 2.23. The standard InChI is InChI=1S/C27H29ClN6O4S/c1-3-11-34-24(18(2)29-25(36)21-9-4-5-10-22(21)28)31-32-27(34)39-17-23(35)30-20-8-6-7-19(16-20)26(37)33-12-14-38-15-13-33/h3-10,16,18H,1,11-15,17H2,2H3,(H,29,36)(H,30,35)/t18-/m1/s1. The van der Waals surface area contributed by atoms with Crippen LogP contribution in [0, 0.1) is 0 Å². The Balaban J connectivity index is 1.37. The smallest absolute Gasteiger partial charge is 0.254 e. The van der Waals surface area contributed by atoms with Crippen molar-refractivity contribution >= 4 is 46.8 Å². The summed E-state index contributed by atoms with van der Waals surface area (Å²) < 4.78 is 7.11. The maximum Gasteiger partial charge on any atom is 0.254 e. The van der Waals surface area contributed by atoms with Gasteiger partial charge in [-0.15, -0.1) is 16.8 Å². The maximum atomic E-state index is 12.8. The Labute approximate surface area is 235 Å². The Kier molecular flexibility index (Phi) is 9.74. The molecule has 1 aliphatic heterocycles. The lowest BCUT2D eigenvalue weighted by Gasteiger charge is -2.27. The zero-order valence-electron chi connectivity index (χ0n) is 21.4. The zero-order valence-corrected chi connectivity index (χ0v) is 23.0. The van der Waals surface area contributed by atoms with Crippen LogP contribution < -0.4 is 10.6 Å². The van der Waals surface area contributed by atoms with E-state index in [4.69, 9.17) is 16.3 Å². The predicted molar refractivity (Wildman–Crippen MR) is 150 cm³/mol. The molecule has 3 amide bonds. The van der Waals surface area contributed by atoms with E-state index in [1.54, 1.807) is 71.0 Å². The molecule has 0 aliphatic carbocycles. The van der Waals surface area contributed by atoms with Crippen molar-refractivity contribution in [2.45, 2.75) is 24.7 Å². The van der Waals surface area contributed by atoms with Gasteiger partial charge in [0.05, 0.1) is 35.6 Å². The molecule has 1 aliphatic rings. The Morgan fingerprint density at radius 1 is 1.15 bits per heavy atom. The average Bonchev–Trinajstić information content (AvgIpc) is 3.35. The number of benzene rings is 2. The lowest BCUT2D eigenvalue weighted by molar-refractivity contribution is -0.113. The van der Waals surface area contributed by atoms with Crippen LogP contribution >= 0.6 is 23.4 Å². The summed E-state index contributed by atoms with van der Waals surface area (Å²) in [5, 5.41) is 15.1. The van der Waals surface area contributed by atoms with Gasteiger partial charge < -0.3 is 24.8 Å². The molecular weight excluding hydrogens is 540 g/mol. The molecule has 1 fully saturated rings. The van der Waals surface area contributed by atoms with Gasteiger partial charge in [0.15, 0.2) is 11.0 Å². The molecule has 39 heavy (non-hydrogen) atoms. The molecule has 2 aromatic carbocycles. The summed E-state index contributed by atoms with van der Waals surface area (Å²) in [6.07, 6.45) is 1.69. The van der Waals surface area contributed by atoms with Crippen LogP contribution in [-0.4, -0.2) is 69.4 Å². The molecular formula is C27H29ClN6O4S. The van der Waals surface area contributed by atoms with E-state index < -0.39 is 6.04 Å². The molecule has 0 saturated carbocycles. The highest BCUT2D eigenvalue weighted by Gasteiger charge is 2.22. The Bertz CT molecular complexity index is 1360. The van der Waals surface area contributed by atoms with Crippen LogP contribution in [0.4, 0.5) is 5.69 Å². The van der Waals surface area contributed by atoms with Crippen LogP contribution in [-0.2, 0) is 16.1 Å². The number of morpholine rings is 1. The second-order valence-corrected chi connectivity index (χ2v) is 10.1. The summed E-state index contributed by atoms with van der Waals surface area (Å²) in [4.78, 5) is 39.9. The second kappa shape index (κ2) is 13.4. The molecule has 3 aromatic rings. The number of rotatable bonds is 10. The van der Waals surface area contributed by atoms with E-state index >= 15 is 0 Å². The first-order chi connectivity index (χ1) is 18.9. The molecule has 204 valence electrons. The van der Waals surface area contributed by atoms with Crippen LogP contribution in [0.15, 0.2) is 66.3 Å². The van der Waals surface area contributed by atoms with E-state index in [2.05, 4.69) is 27.4 Å². The van der Waals surface area contributed by atoms with Crippen molar-refractivity contribution in [1.82, 2.24) is 25.0 Å². The van der Waals surface area contributed by atoms with Crippen molar-refractivity contribution in [3.8, 4) is 0 Å². The summed E-state index contributed by atoms with van der Waals surface area (Å²) in [7, 11) is 0. The number of hydrogen-bond acceptors (Lipinski definition) is 7. The fourth-order valence-corrected chi connectivity index (χ4v) is 4.99. The topological polar surface area (TPSA) is 118 Å². The van der Waals surface area contributed by atoms with Gasteiger partial charge in [-0.05, 0) is 37.3 Å². The fraction of sp³-hybridized carbons (Fsp3) is 0.296. The van der Waals surface area contributed by atoms with Crippen LogP contribution in [0.1, 0.15) is 39.5 Å². The maximum absolute atomic E-state index is 12.8. The van der Waals surface area contributed by atoms with Gasteiger partial charge in [0.25, 0.3) is 11.8 Å². The Hall–Kier alpha value is -3.67. The highest BCUT2D eigenvalue weighted by atomic mass is 35.5. The van der Waals surface area contributed by atoms with Gasteiger partial charge in [0.1, 0.15) is 0 Å². The minimum absolute atomic E-state index is 0.0667. The highest BCUT2D eigenvalue weighted by molar-refractivity contribution is 7.99. The number of hydrogen-bond donors (Lipinski definition) is 2. The van der Waals surface area contributed by atoms with Crippen molar-refractivity contribution in [2.75, 3.05) is 37.4 Å². The Morgan fingerprint density at radius 3 is 2.67 bits per heavy atom. The first-order valence-electron chi connectivity index (χ1n) is 12.4. The molecule has 4 rings (SSSR count). The SMILES string of the molecule is C=CCn1c(SCC(=O)Nc2cccc(C(=O)N3CCOCC3)c2)nnc1[C@@H](C)NC(=O)c1ccccc1Cl. The van der Waals surface area contributed by atoms with Gasteiger partial charge in [-0.3, -0.25) is 14.4 Å². The minimum Gasteiger partial charge on any atom is -0.378 e. The van der Waals surface area contributed by atoms with E-state index in [0.717, 1.165) is 0 Å². The second-order valence-electron chi connectivity index (χ2n) is 8.74. The van der Waals surface area contributed by atoms with Gasteiger partial charge in [0.2, 0.25) is 5.91 Å². The summed E-state index contributed by atoms with van der Waals surface area (Å²) in [5.74, 6) is -0.0934. The van der Waals surface area contributed by atoms with Crippen LogP contribution in [0.2, 0.25) is 5.02 Å². The van der Waals surface area contributed by atoms with E-state index in [0.29, 0.717) is 65.7 Å². The lowest BCUT2D eigenvalue weighted by Crippen LogP contribution is -2.40. The lowest BCUT2D eigenvalue weighted by atomic mass is 10.1. The quantitative estimate of drug-likeness (QED) is 0.282. The number of carbonyl (C=O) groups is 3. The number of nitrogens with zero attached hydrogens (tertiary/aromatic N) is 4. The normalized spacial score (nSPS) is 13.9. The molecule has 1 aromatic heterocycles. The van der Waals surface area contributed by atoms with Crippen LogP contribution in [0.25, 0.3) is 0 Å². The van der Waals surface area contributed by atoms with Crippen molar-refractivity contribution in [3.05, 3.63) is 83.2 Å². The molecule has 12 heteroatoms. The number of anilines is 1. The molecule has 2 N–H and O–H groups in total. The largest absolute Gasteiger partial charge is 0.378 e. The number of amides is 3. The van der Waals surface area contributed by atoms with Crippen molar-refractivity contribution in [3.63, 3.8) is 0 Å². The van der Waals surface area contributed by atoms with E-state index in [9.17, 15) is 14.4 Å². The number of nitrogens with one attached hydrogen (secondary N) is 2. The minimum atomic E-state index is -0.476. The number of thioether (sulfide) groups is 1. The fourth-order valence-electron chi connectivity index (χ4n) is 4.02. The summed E-state index contributed by atoms with van der Waals surface area (Å²) in [6, 6.07) is 13.2. The summed E-state index contributed by atoms with van der Waals surface area (Å²) >= 11 is 7.36. The van der Waals surface area contributed by atoms with E-state index in [1.165, 1.54) is 11.8 Å². The molecule has 1 atom stereocenters. The molecule has 10 nitrogen and oxygen atoms in total. The van der Waals surface area contributed by atoms with Crippen molar-refractivity contribution in [1.29, 1.82) is 0 Å². The van der Waals surface area contributed by atoms with E-state index in [-0.39, 0.29) is 23.5 Å². The van der Waals surface area contributed by atoms with Gasteiger partial charge >= 0.3 is 0 Å². The number of aromatic nitrogens is 3. The number of ether oxygens (including phenoxy) is 1. The van der Waals surface area contributed by atoms with Gasteiger partial charge in [-0.1, -0.05) is 47.6 Å². The molecule has 2 heterocycles. The number of allylic oxidation sites excluding steroid dienone is 1. The first kappa shape index (κ1) is 28.3. The first-order valence-corrected chi connectivity index (χ1v) is 13.7. The van der Waals surface area contributed by atoms with Gasteiger partial charge in [-0.2, -0.15) is 0 Å². The van der Waals surface area contributed by atoms with Crippen LogP contribution in [0.5, 0.6) is 0 Å². The van der Waals surface area contributed by atoms with Gasteiger partial charge in [0, 0.05) is 30.9 Å². The number of halogens is 1. The third-order valence-corrected chi connectivity index (χ3v) is 7.23. The van der Waals surface area contributed by atoms with Gasteiger partial charge in [-0.25, -0.2) is 0 Å². The average molecular weight is 569 g/mol. The zero-order chi connectivity index (χ0) is 27.8. The Morgan fingerprint density at radius 2 is 1.92 bits per heavy atom. The third kappa shape index (κ3) is 7.25. The number of carbonyl (C=O) groups excluding carboxylic acids is 3. The van der Waals surface area contributed by atoms with Crippen LogP contribution in [0.3, 0.4) is 0 Å². The summed E-state index contributed by atoms with van der Waals surface area (Å²) in [6.45, 7) is 8.11. The molecule has 0 spiro atoms. The predicted octanol–water partition coefficient (Wildman–Crippen LogP) is 3.81. The monoisotopic (exact) mass is 568 g/mol. The summed E-state index contributed by atoms with van der Waals surface area (Å²) in [5.41, 5.74) is 1.40. The molecule has 0 unspecified atom stereocenters.